The molecule has 0 unspecified atom stereocenters. The molecule has 146 valence electrons. The Bertz CT molecular complexity index is 1290. The summed E-state index contributed by atoms with van der Waals surface area (Å²) in [5.41, 5.74) is 4.16. The van der Waals surface area contributed by atoms with E-state index in [1.165, 1.54) is 11.8 Å². The maximum absolute atomic E-state index is 12.1. The molecule has 0 bridgehead atoms. The number of benzene rings is 3. The number of hydrogen-bond acceptors (Lipinski definition) is 4. The number of aromatic nitrogens is 2. The zero-order valence-corrected chi connectivity index (χ0v) is 16.1. The number of carbonyl (C=O) groups excluding carboxylic acids is 1. The molecule has 0 radical (unpaired) electrons. The Morgan fingerprint density at radius 3 is 2.40 bits per heavy atom. The zero-order valence-electron chi connectivity index (χ0n) is 16.1. The van der Waals surface area contributed by atoms with Gasteiger partial charge in [-0.05, 0) is 54.1 Å². The number of hydrogen-bond donors (Lipinski definition) is 0. The van der Waals surface area contributed by atoms with E-state index in [2.05, 4.69) is 22.8 Å². The van der Waals surface area contributed by atoms with Crippen molar-refractivity contribution in [2.45, 2.75) is 6.54 Å². The van der Waals surface area contributed by atoms with Gasteiger partial charge in [-0.3, -0.25) is 0 Å². The molecule has 0 saturated heterocycles. The second kappa shape index (κ2) is 7.72. The van der Waals surface area contributed by atoms with E-state index in [0.717, 1.165) is 22.4 Å². The fourth-order valence-corrected chi connectivity index (χ4v) is 3.45. The molecule has 2 aromatic heterocycles. The highest BCUT2D eigenvalue weighted by Gasteiger charge is 2.15. The lowest BCUT2D eigenvalue weighted by molar-refractivity contribution is 0.0701. The third-order valence-electron chi connectivity index (χ3n) is 4.88. The number of fused-ring (bicyclic) bond motifs is 1. The van der Waals surface area contributed by atoms with Gasteiger partial charge in [-0.1, -0.05) is 42.5 Å². The first-order chi connectivity index (χ1) is 14.8. The minimum atomic E-state index is -0.524. The van der Waals surface area contributed by atoms with E-state index >= 15 is 0 Å². The SMILES string of the molecule is O=C(Oc1ccc(-c2nc3ccccc3n2Cc2ccccc2)cc1)c1ccco1. The summed E-state index contributed by atoms with van der Waals surface area (Å²) in [5.74, 6) is 0.961. The van der Waals surface area contributed by atoms with Crippen molar-refractivity contribution in [3.05, 3.63) is 109 Å². The van der Waals surface area contributed by atoms with Crippen LogP contribution in [-0.4, -0.2) is 15.5 Å². The van der Waals surface area contributed by atoms with E-state index in [4.69, 9.17) is 14.1 Å². The Kier molecular flexibility index (Phi) is 4.62. The molecule has 0 saturated carbocycles. The van der Waals surface area contributed by atoms with Crippen molar-refractivity contribution in [2.24, 2.45) is 0 Å². The van der Waals surface area contributed by atoms with Crippen LogP contribution in [0.15, 0.2) is 102 Å². The molecule has 0 aliphatic heterocycles. The summed E-state index contributed by atoms with van der Waals surface area (Å²) in [7, 11) is 0. The Hall–Kier alpha value is -4.12. The molecule has 3 aromatic carbocycles. The third kappa shape index (κ3) is 3.49. The van der Waals surface area contributed by atoms with E-state index < -0.39 is 5.97 Å². The molecule has 5 rings (SSSR count). The summed E-state index contributed by atoms with van der Waals surface area (Å²) in [6.45, 7) is 0.714. The van der Waals surface area contributed by atoms with Crippen molar-refractivity contribution in [2.75, 3.05) is 0 Å². The summed E-state index contributed by atoms with van der Waals surface area (Å²) >= 11 is 0. The van der Waals surface area contributed by atoms with Gasteiger partial charge in [0.2, 0.25) is 5.76 Å². The number of rotatable bonds is 5. The summed E-state index contributed by atoms with van der Waals surface area (Å²) < 4.78 is 12.7. The average Bonchev–Trinajstić information content (AvgIpc) is 3.44. The number of ether oxygens (including phenoxy) is 1. The van der Waals surface area contributed by atoms with Gasteiger partial charge in [-0.25, -0.2) is 9.78 Å². The predicted octanol–water partition coefficient (Wildman–Crippen LogP) is 5.56. The molecule has 30 heavy (non-hydrogen) atoms. The lowest BCUT2D eigenvalue weighted by Gasteiger charge is -2.10. The summed E-state index contributed by atoms with van der Waals surface area (Å²) in [6, 6.07) is 29.0. The number of imidazole rings is 1. The molecule has 5 aromatic rings. The zero-order chi connectivity index (χ0) is 20.3. The second-order valence-electron chi connectivity index (χ2n) is 6.89. The van der Waals surface area contributed by atoms with E-state index in [1.54, 1.807) is 24.3 Å². The molecule has 0 amide bonds. The molecule has 0 aliphatic rings. The summed E-state index contributed by atoms with van der Waals surface area (Å²) in [4.78, 5) is 16.9. The van der Waals surface area contributed by atoms with Crippen LogP contribution in [0, 0.1) is 0 Å². The van der Waals surface area contributed by atoms with Crippen molar-refractivity contribution in [3.63, 3.8) is 0 Å². The van der Waals surface area contributed by atoms with Gasteiger partial charge in [-0.2, -0.15) is 0 Å². The first-order valence-corrected chi connectivity index (χ1v) is 9.63. The van der Waals surface area contributed by atoms with Crippen LogP contribution >= 0.6 is 0 Å². The van der Waals surface area contributed by atoms with Crippen molar-refractivity contribution >= 4 is 17.0 Å². The van der Waals surface area contributed by atoms with Gasteiger partial charge in [-0.15, -0.1) is 0 Å². The van der Waals surface area contributed by atoms with Crippen LogP contribution in [0.3, 0.4) is 0 Å². The summed E-state index contributed by atoms with van der Waals surface area (Å²) in [5, 5.41) is 0. The highest BCUT2D eigenvalue weighted by atomic mass is 16.5. The number of para-hydroxylation sites is 2. The molecule has 0 aliphatic carbocycles. The first kappa shape index (κ1) is 17.9. The average molecular weight is 394 g/mol. The van der Waals surface area contributed by atoms with Gasteiger partial charge in [0, 0.05) is 12.1 Å². The molecule has 0 atom stereocenters. The molecule has 5 nitrogen and oxygen atoms in total. The maximum Gasteiger partial charge on any atom is 0.379 e. The van der Waals surface area contributed by atoms with Crippen LogP contribution in [-0.2, 0) is 6.54 Å². The maximum atomic E-state index is 12.1. The van der Waals surface area contributed by atoms with Crippen molar-refractivity contribution < 1.29 is 13.9 Å². The van der Waals surface area contributed by atoms with E-state index in [9.17, 15) is 4.79 Å². The van der Waals surface area contributed by atoms with Crippen LogP contribution in [0.5, 0.6) is 5.75 Å². The monoisotopic (exact) mass is 394 g/mol. The van der Waals surface area contributed by atoms with Crippen LogP contribution in [0.2, 0.25) is 0 Å². The Morgan fingerprint density at radius 2 is 1.63 bits per heavy atom. The third-order valence-corrected chi connectivity index (χ3v) is 4.88. The highest BCUT2D eigenvalue weighted by molar-refractivity contribution is 5.88. The van der Waals surface area contributed by atoms with Crippen LogP contribution in [0.4, 0.5) is 0 Å². The Morgan fingerprint density at radius 1 is 0.867 bits per heavy atom. The minimum absolute atomic E-state index is 0.170. The van der Waals surface area contributed by atoms with Crippen molar-refractivity contribution in [1.82, 2.24) is 9.55 Å². The van der Waals surface area contributed by atoms with Gasteiger partial charge < -0.3 is 13.7 Å². The van der Waals surface area contributed by atoms with Crippen LogP contribution in [0.25, 0.3) is 22.4 Å². The van der Waals surface area contributed by atoms with Crippen molar-refractivity contribution in [3.8, 4) is 17.1 Å². The van der Waals surface area contributed by atoms with Crippen LogP contribution in [0.1, 0.15) is 16.1 Å². The normalized spacial score (nSPS) is 10.9. The van der Waals surface area contributed by atoms with E-state index in [-0.39, 0.29) is 5.76 Å². The highest BCUT2D eigenvalue weighted by Crippen LogP contribution is 2.27. The lowest BCUT2D eigenvalue weighted by atomic mass is 10.2. The number of nitrogens with zero attached hydrogens (tertiary/aromatic N) is 2. The fourth-order valence-electron chi connectivity index (χ4n) is 3.45. The standard InChI is InChI=1S/C25H18N2O3/c28-25(23-11-6-16-29-23)30-20-14-12-19(13-15-20)24-26-21-9-4-5-10-22(21)27(24)17-18-7-2-1-3-8-18/h1-16H,17H2. The molecular weight excluding hydrogens is 376 g/mol. The molecule has 0 spiro atoms. The predicted molar refractivity (Wildman–Crippen MR) is 114 cm³/mol. The molecule has 0 N–H and O–H groups in total. The van der Waals surface area contributed by atoms with Crippen molar-refractivity contribution in [1.29, 1.82) is 0 Å². The number of furan rings is 1. The van der Waals surface area contributed by atoms with Gasteiger partial charge in [0.1, 0.15) is 11.6 Å². The Labute approximate surface area is 173 Å². The molecule has 0 fully saturated rings. The largest absolute Gasteiger partial charge is 0.457 e. The molecule has 2 heterocycles. The Balaban J connectivity index is 1.48. The summed E-state index contributed by atoms with van der Waals surface area (Å²) in [6.07, 6.45) is 1.44. The van der Waals surface area contributed by atoms with E-state index in [1.807, 2.05) is 48.5 Å². The van der Waals surface area contributed by atoms with Gasteiger partial charge in [0.05, 0.1) is 17.3 Å². The second-order valence-corrected chi connectivity index (χ2v) is 6.89. The van der Waals surface area contributed by atoms with Gasteiger partial charge in [0.25, 0.3) is 0 Å². The minimum Gasteiger partial charge on any atom is -0.457 e. The first-order valence-electron chi connectivity index (χ1n) is 9.63. The quantitative estimate of drug-likeness (QED) is 0.289. The lowest BCUT2D eigenvalue weighted by Crippen LogP contribution is -2.07. The number of carbonyl (C=O) groups is 1. The fraction of sp³-hybridized carbons (Fsp3) is 0.0400. The van der Waals surface area contributed by atoms with Gasteiger partial charge in [0.15, 0.2) is 0 Å². The van der Waals surface area contributed by atoms with Gasteiger partial charge >= 0.3 is 5.97 Å². The smallest absolute Gasteiger partial charge is 0.379 e. The molecular formula is C25H18N2O3. The topological polar surface area (TPSA) is 57.3 Å². The molecule has 5 heteroatoms. The number of esters is 1. The van der Waals surface area contributed by atoms with Crippen LogP contribution < -0.4 is 4.74 Å². The van der Waals surface area contributed by atoms with E-state index in [0.29, 0.717) is 12.3 Å².